The molecule has 4 rings (SSSR count). The van der Waals surface area contributed by atoms with Gasteiger partial charge in [0, 0.05) is 25.0 Å². The number of hydrogen-bond acceptors (Lipinski definition) is 6. The number of rotatable bonds is 2. The van der Waals surface area contributed by atoms with Gasteiger partial charge in [-0.05, 0) is 48.4 Å². The highest BCUT2D eigenvalue weighted by Gasteiger charge is 2.44. The Morgan fingerprint density at radius 1 is 1.25 bits per heavy atom. The number of nitrogens with zero attached hydrogens (tertiary/aromatic N) is 5. The van der Waals surface area contributed by atoms with E-state index in [9.17, 15) is 5.11 Å². The summed E-state index contributed by atoms with van der Waals surface area (Å²) in [4.78, 5) is 2.22. The summed E-state index contributed by atoms with van der Waals surface area (Å²) in [6.45, 7) is 3.46. The van der Waals surface area contributed by atoms with E-state index in [1.54, 1.807) is 4.68 Å². The molecule has 0 saturated carbocycles. The van der Waals surface area contributed by atoms with Crippen molar-refractivity contribution in [1.29, 1.82) is 0 Å². The number of piperidine rings is 2. The first-order valence-corrected chi connectivity index (χ1v) is 8.26. The molecule has 2 fully saturated rings. The van der Waals surface area contributed by atoms with Crippen molar-refractivity contribution in [2.24, 2.45) is 5.41 Å². The summed E-state index contributed by atoms with van der Waals surface area (Å²) in [5.74, 6) is 0.757. The summed E-state index contributed by atoms with van der Waals surface area (Å²) in [7, 11) is 0. The molecule has 2 saturated heterocycles. The zero-order chi connectivity index (χ0) is 15.7. The largest absolute Gasteiger partial charge is 0.392 e. The number of aliphatic hydroxyl groups excluding tert-OH is 1. The molecule has 2 aromatic rings. The van der Waals surface area contributed by atoms with Crippen LogP contribution < -0.4 is 10.2 Å². The Bertz CT molecular complexity index is 662. The fourth-order valence-electron chi connectivity index (χ4n) is 3.86. The molecule has 24 heavy (non-hydrogen) atoms. The molecule has 8 heteroatoms. The van der Waals surface area contributed by atoms with Gasteiger partial charge in [-0.15, -0.1) is 12.4 Å². The molecule has 2 atom stereocenters. The number of anilines is 1. The summed E-state index contributed by atoms with van der Waals surface area (Å²) in [6.07, 6.45) is 2.65. The van der Waals surface area contributed by atoms with Gasteiger partial charge in [0.1, 0.15) is 0 Å². The van der Waals surface area contributed by atoms with Gasteiger partial charge in [-0.1, -0.05) is 23.3 Å². The number of aliphatic hydroxyl groups is 1. The summed E-state index contributed by atoms with van der Waals surface area (Å²) in [5, 5.41) is 26.3. The first-order chi connectivity index (χ1) is 11.3. The van der Waals surface area contributed by atoms with E-state index in [4.69, 9.17) is 0 Å². The van der Waals surface area contributed by atoms with Crippen molar-refractivity contribution in [2.45, 2.75) is 25.4 Å². The van der Waals surface area contributed by atoms with Gasteiger partial charge in [0.15, 0.2) is 0 Å². The fourth-order valence-corrected chi connectivity index (χ4v) is 3.86. The molecule has 3 heterocycles. The highest BCUT2D eigenvalue weighted by Crippen LogP contribution is 2.37. The van der Waals surface area contributed by atoms with Crippen LogP contribution in [0.4, 0.5) is 5.95 Å². The summed E-state index contributed by atoms with van der Waals surface area (Å²) < 4.78 is 1.78. The molecule has 7 nitrogen and oxygen atoms in total. The van der Waals surface area contributed by atoms with Crippen LogP contribution in [0.2, 0.25) is 0 Å². The average molecular weight is 351 g/mol. The Morgan fingerprint density at radius 3 is 2.88 bits per heavy atom. The van der Waals surface area contributed by atoms with Gasteiger partial charge in [0.25, 0.3) is 0 Å². The summed E-state index contributed by atoms with van der Waals surface area (Å²) in [6, 6.07) is 9.93. The second-order valence-corrected chi connectivity index (χ2v) is 6.59. The number of aromatic nitrogens is 4. The summed E-state index contributed by atoms with van der Waals surface area (Å²) >= 11 is 0. The third kappa shape index (κ3) is 2.99. The minimum atomic E-state index is -0.257. The smallest absolute Gasteiger partial charge is 0.250 e. The highest BCUT2D eigenvalue weighted by molar-refractivity contribution is 5.85. The van der Waals surface area contributed by atoms with E-state index < -0.39 is 0 Å². The topological polar surface area (TPSA) is 79.1 Å². The van der Waals surface area contributed by atoms with E-state index in [1.165, 1.54) is 0 Å². The first kappa shape index (κ1) is 17.1. The van der Waals surface area contributed by atoms with Crippen LogP contribution in [0, 0.1) is 5.41 Å². The average Bonchev–Trinajstić information content (AvgIpc) is 3.09. The van der Waals surface area contributed by atoms with Crippen LogP contribution in [0.5, 0.6) is 0 Å². The SMILES string of the molecule is Cl.O[C@H]1CCNC[C@]12CCCN(c1nnnn1-c1ccccc1)C2. The molecule has 2 aliphatic rings. The molecular weight excluding hydrogens is 328 g/mol. The minimum Gasteiger partial charge on any atom is -0.392 e. The van der Waals surface area contributed by atoms with E-state index in [2.05, 4.69) is 25.7 Å². The Morgan fingerprint density at radius 2 is 2.08 bits per heavy atom. The minimum absolute atomic E-state index is 0. The van der Waals surface area contributed by atoms with Crippen LogP contribution in [0.15, 0.2) is 30.3 Å². The third-order valence-electron chi connectivity index (χ3n) is 5.12. The van der Waals surface area contributed by atoms with Gasteiger partial charge in [-0.2, -0.15) is 4.68 Å². The van der Waals surface area contributed by atoms with Gasteiger partial charge in [-0.3, -0.25) is 0 Å². The maximum atomic E-state index is 10.6. The molecule has 0 aliphatic carbocycles. The maximum Gasteiger partial charge on any atom is 0.250 e. The predicted molar refractivity (Wildman–Crippen MR) is 93.8 cm³/mol. The molecule has 0 bridgehead atoms. The molecule has 1 aromatic carbocycles. The molecular formula is C16H23ClN6O. The van der Waals surface area contributed by atoms with E-state index in [0.29, 0.717) is 0 Å². The normalized spacial score (nSPS) is 27.0. The Balaban J connectivity index is 0.00000169. The second kappa shape index (κ2) is 7.04. The Hall–Kier alpha value is -1.70. The second-order valence-electron chi connectivity index (χ2n) is 6.59. The molecule has 0 radical (unpaired) electrons. The molecule has 1 spiro atoms. The van der Waals surface area contributed by atoms with Crippen LogP contribution in [-0.4, -0.2) is 57.6 Å². The zero-order valence-corrected chi connectivity index (χ0v) is 14.3. The van der Waals surface area contributed by atoms with Crippen LogP contribution in [0.3, 0.4) is 0 Å². The standard InChI is InChI=1S/C16H22N6O.ClH/c23-14-7-9-17-11-16(14)8-4-10-21(12-16)15-18-19-20-22(15)13-5-2-1-3-6-13;/h1-3,5-6,14,17,23H,4,7-12H2;1H/t14-,16-;/m0./s1. The van der Waals surface area contributed by atoms with Crippen LogP contribution in [0.1, 0.15) is 19.3 Å². The van der Waals surface area contributed by atoms with Crippen LogP contribution >= 0.6 is 12.4 Å². The van der Waals surface area contributed by atoms with Gasteiger partial charge in [0.05, 0.1) is 11.8 Å². The number of benzene rings is 1. The van der Waals surface area contributed by atoms with Gasteiger partial charge in [0.2, 0.25) is 5.95 Å². The molecule has 2 aliphatic heterocycles. The summed E-state index contributed by atoms with van der Waals surface area (Å²) in [5.41, 5.74) is 0.860. The maximum absolute atomic E-state index is 10.6. The van der Waals surface area contributed by atoms with Crippen LogP contribution in [-0.2, 0) is 0 Å². The van der Waals surface area contributed by atoms with Crippen molar-refractivity contribution in [2.75, 3.05) is 31.1 Å². The lowest BCUT2D eigenvalue weighted by Crippen LogP contribution is -2.58. The van der Waals surface area contributed by atoms with Gasteiger partial charge < -0.3 is 15.3 Å². The quantitative estimate of drug-likeness (QED) is 0.842. The Labute approximate surface area is 147 Å². The molecule has 0 unspecified atom stereocenters. The number of tetrazole rings is 1. The predicted octanol–water partition coefficient (Wildman–Crippen LogP) is 1.02. The number of hydrogen-bond donors (Lipinski definition) is 2. The van der Waals surface area contributed by atoms with Crippen molar-refractivity contribution in [3.63, 3.8) is 0 Å². The van der Waals surface area contributed by atoms with Crippen molar-refractivity contribution in [3.05, 3.63) is 30.3 Å². The lowest BCUT2D eigenvalue weighted by atomic mass is 9.72. The Kier molecular flexibility index (Phi) is 5.03. The van der Waals surface area contributed by atoms with E-state index in [0.717, 1.165) is 57.1 Å². The van der Waals surface area contributed by atoms with Crippen LogP contribution in [0.25, 0.3) is 5.69 Å². The first-order valence-electron chi connectivity index (χ1n) is 8.26. The number of halogens is 1. The number of para-hydroxylation sites is 1. The fraction of sp³-hybridized carbons (Fsp3) is 0.562. The zero-order valence-electron chi connectivity index (χ0n) is 13.5. The van der Waals surface area contributed by atoms with Gasteiger partial charge in [-0.25, -0.2) is 0 Å². The van der Waals surface area contributed by atoms with Crippen molar-refractivity contribution in [3.8, 4) is 5.69 Å². The van der Waals surface area contributed by atoms with E-state index in [1.807, 2.05) is 30.3 Å². The van der Waals surface area contributed by atoms with Crippen molar-refractivity contribution >= 4 is 18.4 Å². The molecule has 0 amide bonds. The van der Waals surface area contributed by atoms with Crippen molar-refractivity contribution in [1.82, 2.24) is 25.5 Å². The van der Waals surface area contributed by atoms with Crippen molar-refractivity contribution < 1.29 is 5.11 Å². The molecule has 2 N–H and O–H groups in total. The lowest BCUT2D eigenvalue weighted by molar-refractivity contribution is -0.0104. The van der Waals surface area contributed by atoms with E-state index >= 15 is 0 Å². The lowest BCUT2D eigenvalue weighted by Gasteiger charge is -2.48. The van der Waals surface area contributed by atoms with Gasteiger partial charge >= 0.3 is 0 Å². The molecule has 1 aromatic heterocycles. The monoisotopic (exact) mass is 350 g/mol. The third-order valence-corrected chi connectivity index (χ3v) is 5.12. The number of nitrogens with one attached hydrogen (secondary N) is 1. The molecule has 130 valence electrons. The highest BCUT2D eigenvalue weighted by atomic mass is 35.5. The van der Waals surface area contributed by atoms with E-state index in [-0.39, 0.29) is 23.9 Å².